The molecule has 0 radical (unpaired) electrons. The van der Waals surface area contributed by atoms with E-state index in [1.165, 1.54) is 0 Å². The summed E-state index contributed by atoms with van der Waals surface area (Å²) in [6.07, 6.45) is 0. The molecule has 1 heterocycles. The standard InChI is InChI=1S/C21H21ClN2O2/c1-14-11-19(15(2)24(14)18-9-6-8-17(22)12-18)21(25)23-20-10-5-4-7-16(20)13-26-3/h4-12H,13H2,1-3H3,(H,23,25). The number of aryl methyl sites for hydroxylation is 1. The quantitative estimate of drug-likeness (QED) is 0.677. The monoisotopic (exact) mass is 368 g/mol. The van der Waals surface area contributed by atoms with Gasteiger partial charge in [0, 0.05) is 40.5 Å². The zero-order valence-electron chi connectivity index (χ0n) is 15.0. The highest BCUT2D eigenvalue weighted by atomic mass is 35.5. The third-order valence-corrected chi connectivity index (χ3v) is 4.54. The van der Waals surface area contributed by atoms with Crippen LogP contribution < -0.4 is 5.32 Å². The van der Waals surface area contributed by atoms with Crippen molar-refractivity contribution in [3.05, 3.63) is 82.1 Å². The highest BCUT2D eigenvalue weighted by molar-refractivity contribution is 6.30. The molecule has 0 aliphatic heterocycles. The van der Waals surface area contributed by atoms with Gasteiger partial charge in [0.1, 0.15) is 0 Å². The molecule has 1 amide bonds. The van der Waals surface area contributed by atoms with Gasteiger partial charge in [0.25, 0.3) is 5.91 Å². The number of halogens is 1. The smallest absolute Gasteiger partial charge is 0.257 e. The van der Waals surface area contributed by atoms with Crippen molar-refractivity contribution in [3.63, 3.8) is 0 Å². The summed E-state index contributed by atoms with van der Waals surface area (Å²) in [5.74, 6) is -0.144. The molecule has 3 aromatic rings. The van der Waals surface area contributed by atoms with Gasteiger partial charge in [-0.1, -0.05) is 35.9 Å². The molecule has 0 aliphatic carbocycles. The first kappa shape index (κ1) is 18.2. The van der Waals surface area contributed by atoms with Gasteiger partial charge in [0.05, 0.1) is 12.2 Å². The molecule has 4 nitrogen and oxygen atoms in total. The fraction of sp³-hybridized carbons (Fsp3) is 0.190. The second-order valence-electron chi connectivity index (χ2n) is 6.14. The molecule has 0 spiro atoms. The number of aromatic nitrogens is 1. The van der Waals surface area contributed by atoms with Crippen molar-refractivity contribution in [2.45, 2.75) is 20.5 Å². The number of methoxy groups -OCH3 is 1. The summed E-state index contributed by atoms with van der Waals surface area (Å²) in [5, 5.41) is 3.66. The Bertz CT molecular complexity index is 947. The summed E-state index contributed by atoms with van der Waals surface area (Å²) < 4.78 is 7.23. The lowest BCUT2D eigenvalue weighted by Gasteiger charge is -2.12. The van der Waals surface area contributed by atoms with Crippen LogP contribution in [-0.2, 0) is 11.3 Å². The maximum absolute atomic E-state index is 12.9. The lowest BCUT2D eigenvalue weighted by atomic mass is 10.1. The number of para-hydroxylation sites is 1. The van der Waals surface area contributed by atoms with Crippen molar-refractivity contribution in [2.75, 3.05) is 12.4 Å². The molecule has 0 fully saturated rings. The summed E-state index contributed by atoms with van der Waals surface area (Å²) >= 11 is 6.12. The minimum absolute atomic E-state index is 0.144. The minimum atomic E-state index is -0.144. The van der Waals surface area contributed by atoms with Crippen LogP contribution in [0.25, 0.3) is 5.69 Å². The molecular weight excluding hydrogens is 348 g/mol. The molecule has 134 valence electrons. The zero-order valence-corrected chi connectivity index (χ0v) is 15.8. The number of rotatable bonds is 5. The first-order valence-corrected chi connectivity index (χ1v) is 8.72. The molecule has 0 atom stereocenters. The Hall–Kier alpha value is -2.56. The summed E-state index contributed by atoms with van der Waals surface area (Å²) in [7, 11) is 1.64. The van der Waals surface area contributed by atoms with Crippen LogP contribution >= 0.6 is 11.6 Å². The Kier molecular flexibility index (Phi) is 5.45. The normalized spacial score (nSPS) is 10.8. The predicted octanol–water partition coefficient (Wildman–Crippen LogP) is 5.15. The molecular formula is C21H21ClN2O2. The van der Waals surface area contributed by atoms with Gasteiger partial charge in [0.15, 0.2) is 0 Å². The first-order chi connectivity index (χ1) is 12.5. The van der Waals surface area contributed by atoms with E-state index in [0.29, 0.717) is 17.2 Å². The highest BCUT2D eigenvalue weighted by Crippen LogP contribution is 2.24. The largest absolute Gasteiger partial charge is 0.380 e. The van der Waals surface area contributed by atoms with E-state index in [4.69, 9.17) is 16.3 Å². The summed E-state index contributed by atoms with van der Waals surface area (Å²) in [4.78, 5) is 12.9. The average Bonchev–Trinajstić information content (AvgIpc) is 2.91. The Morgan fingerprint density at radius 1 is 1.12 bits per heavy atom. The number of amides is 1. The van der Waals surface area contributed by atoms with E-state index in [0.717, 1.165) is 28.3 Å². The van der Waals surface area contributed by atoms with Gasteiger partial charge >= 0.3 is 0 Å². The fourth-order valence-corrected chi connectivity index (χ4v) is 3.30. The van der Waals surface area contributed by atoms with Crippen LogP contribution in [0.5, 0.6) is 0 Å². The van der Waals surface area contributed by atoms with Gasteiger partial charge < -0.3 is 14.6 Å². The van der Waals surface area contributed by atoms with Crippen molar-refractivity contribution in [1.29, 1.82) is 0 Å². The van der Waals surface area contributed by atoms with Crippen molar-refractivity contribution in [2.24, 2.45) is 0 Å². The molecule has 5 heteroatoms. The molecule has 3 rings (SSSR count). The van der Waals surface area contributed by atoms with Gasteiger partial charge in [-0.25, -0.2) is 0 Å². The second kappa shape index (κ2) is 7.77. The van der Waals surface area contributed by atoms with E-state index in [-0.39, 0.29) is 5.91 Å². The van der Waals surface area contributed by atoms with Gasteiger partial charge in [-0.15, -0.1) is 0 Å². The van der Waals surface area contributed by atoms with E-state index in [9.17, 15) is 4.79 Å². The number of hydrogen-bond donors (Lipinski definition) is 1. The predicted molar refractivity (Wildman–Crippen MR) is 105 cm³/mol. The van der Waals surface area contributed by atoms with Crippen LogP contribution in [0.15, 0.2) is 54.6 Å². The molecule has 0 saturated heterocycles. The third kappa shape index (κ3) is 3.66. The van der Waals surface area contributed by atoms with E-state index in [1.54, 1.807) is 7.11 Å². The number of nitrogens with one attached hydrogen (secondary N) is 1. The number of ether oxygens (including phenoxy) is 1. The van der Waals surface area contributed by atoms with Crippen molar-refractivity contribution in [3.8, 4) is 5.69 Å². The van der Waals surface area contributed by atoms with Crippen molar-refractivity contribution >= 4 is 23.2 Å². The lowest BCUT2D eigenvalue weighted by molar-refractivity contribution is 0.102. The molecule has 1 aromatic heterocycles. The number of carbonyl (C=O) groups excluding carboxylic acids is 1. The Balaban J connectivity index is 1.93. The molecule has 0 saturated carbocycles. The number of anilines is 1. The van der Waals surface area contributed by atoms with E-state index >= 15 is 0 Å². The minimum Gasteiger partial charge on any atom is -0.380 e. The van der Waals surface area contributed by atoms with Crippen molar-refractivity contribution in [1.82, 2.24) is 4.57 Å². The molecule has 1 N–H and O–H groups in total. The van der Waals surface area contributed by atoms with Gasteiger partial charge in [-0.3, -0.25) is 4.79 Å². The number of benzene rings is 2. The van der Waals surface area contributed by atoms with Gasteiger partial charge in [-0.05, 0) is 44.2 Å². The van der Waals surface area contributed by atoms with Crippen LogP contribution in [0.4, 0.5) is 5.69 Å². The fourth-order valence-electron chi connectivity index (χ4n) is 3.12. The Labute approximate surface area is 158 Å². The van der Waals surface area contributed by atoms with E-state index in [2.05, 4.69) is 5.32 Å². The van der Waals surface area contributed by atoms with E-state index in [1.807, 2.05) is 73.0 Å². The highest BCUT2D eigenvalue weighted by Gasteiger charge is 2.17. The van der Waals surface area contributed by atoms with Crippen LogP contribution in [0.2, 0.25) is 5.02 Å². The SMILES string of the molecule is COCc1ccccc1NC(=O)c1cc(C)n(-c2cccc(Cl)c2)c1C. The van der Waals surface area contributed by atoms with Crippen LogP contribution in [0.1, 0.15) is 27.3 Å². The summed E-state index contributed by atoms with van der Waals surface area (Å²) in [6.45, 7) is 4.35. The molecule has 0 unspecified atom stereocenters. The first-order valence-electron chi connectivity index (χ1n) is 8.34. The zero-order chi connectivity index (χ0) is 18.7. The number of nitrogens with zero attached hydrogens (tertiary/aromatic N) is 1. The third-order valence-electron chi connectivity index (χ3n) is 4.31. The van der Waals surface area contributed by atoms with Crippen LogP contribution in [0.3, 0.4) is 0 Å². The lowest BCUT2D eigenvalue weighted by Crippen LogP contribution is -2.14. The number of hydrogen-bond acceptors (Lipinski definition) is 2. The topological polar surface area (TPSA) is 43.3 Å². The second-order valence-corrected chi connectivity index (χ2v) is 6.58. The number of carbonyl (C=O) groups is 1. The maximum atomic E-state index is 12.9. The average molecular weight is 369 g/mol. The molecule has 0 bridgehead atoms. The Morgan fingerprint density at radius 2 is 1.88 bits per heavy atom. The summed E-state index contributed by atoms with van der Waals surface area (Å²) in [6, 6.07) is 17.1. The van der Waals surface area contributed by atoms with Gasteiger partial charge in [0.2, 0.25) is 0 Å². The summed E-state index contributed by atoms with van der Waals surface area (Å²) in [5.41, 5.74) is 5.10. The Morgan fingerprint density at radius 3 is 2.62 bits per heavy atom. The van der Waals surface area contributed by atoms with Crippen molar-refractivity contribution < 1.29 is 9.53 Å². The van der Waals surface area contributed by atoms with Crippen LogP contribution in [-0.4, -0.2) is 17.6 Å². The molecule has 26 heavy (non-hydrogen) atoms. The molecule has 2 aromatic carbocycles. The van der Waals surface area contributed by atoms with Gasteiger partial charge in [-0.2, -0.15) is 0 Å². The molecule has 0 aliphatic rings. The maximum Gasteiger partial charge on any atom is 0.257 e. The van der Waals surface area contributed by atoms with Crippen LogP contribution in [0, 0.1) is 13.8 Å². The van der Waals surface area contributed by atoms with E-state index < -0.39 is 0 Å².